The zero-order chi connectivity index (χ0) is 43.5. The number of hydrogen-bond donors (Lipinski definition) is 0. The lowest BCUT2D eigenvalue weighted by atomic mass is 9.82. The summed E-state index contributed by atoms with van der Waals surface area (Å²) in [6, 6.07) is 85.8. The Labute approximate surface area is 380 Å². The maximum Gasteiger partial charge on any atom is 0.159 e. The first kappa shape index (κ1) is 38.5. The molecule has 0 unspecified atom stereocenters. The monoisotopic (exact) mass is 831 g/mol. The molecule has 0 amide bonds. The van der Waals surface area contributed by atoms with Crippen molar-refractivity contribution in [2.24, 2.45) is 0 Å². The van der Waals surface area contributed by atoms with Crippen LogP contribution in [-0.2, 0) is 5.41 Å². The molecule has 1 aliphatic carbocycles. The Morgan fingerprint density at radius 2 is 0.754 bits per heavy atom. The molecule has 65 heavy (non-hydrogen) atoms. The largest absolute Gasteiger partial charge is 0.454 e. The molecule has 0 bridgehead atoms. The van der Waals surface area contributed by atoms with E-state index >= 15 is 0 Å². The molecule has 0 saturated heterocycles. The number of nitrogens with zero attached hydrogens (tertiary/aromatic N) is 1. The lowest BCUT2D eigenvalue weighted by Gasteiger charge is -2.28. The molecule has 0 radical (unpaired) electrons. The molecule has 308 valence electrons. The minimum absolute atomic E-state index is 0.169. The van der Waals surface area contributed by atoms with Crippen LogP contribution in [-0.4, -0.2) is 0 Å². The highest BCUT2D eigenvalue weighted by Gasteiger charge is 2.36. The van der Waals surface area contributed by atoms with Crippen molar-refractivity contribution in [3.05, 3.63) is 248 Å². The summed E-state index contributed by atoms with van der Waals surface area (Å²) in [6.07, 6.45) is 0. The highest BCUT2D eigenvalue weighted by atomic mass is 16.3. The highest BCUT2D eigenvalue weighted by Crippen LogP contribution is 2.52. The summed E-state index contributed by atoms with van der Waals surface area (Å²) in [6.45, 7) is 4.70. The van der Waals surface area contributed by atoms with Crippen LogP contribution in [0.15, 0.2) is 241 Å². The van der Waals surface area contributed by atoms with E-state index in [0.717, 1.165) is 61.3 Å². The standard InChI is InChI=1S/C63H45NO/c1-63(2)58-21-13-12-20-54(58)55-36-35-53(41-59(55)63)64(52-33-30-47(31-34-52)44-18-10-5-11-19-44)60-40-51(49-28-24-46(25-29-49)43-16-8-4-9-17-43)39-57-56-38-50(32-37-61(56)65-62(57)60)48-26-22-45(23-27-48)42-14-6-3-7-15-42/h3-41H,1-2H3. The molecule has 0 aliphatic heterocycles. The molecule has 11 aromatic rings. The van der Waals surface area contributed by atoms with Crippen molar-refractivity contribution >= 4 is 39.0 Å². The van der Waals surface area contributed by atoms with E-state index in [4.69, 9.17) is 4.42 Å². The van der Waals surface area contributed by atoms with Crippen LogP contribution in [0.4, 0.5) is 17.1 Å². The van der Waals surface area contributed by atoms with Crippen molar-refractivity contribution in [1.29, 1.82) is 0 Å². The van der Waals surface area contributed by atoms with Crippen LogP contribution in [0, 0.1) is 0 Å². The second-order valence-electron chi connectivity index (χ2n) is 17.7. The maximum atomic E-state index is 7.08. The summed E-state index contributed by atoms with van der Waals surface area (Å²) in [5.41, 5.74) is 21.6. The summed E-state index contributed by atoms with van der Waals surface area (Å²) in [7, 11) is 0. The van der Waals surface area contributed by atoms with Crippen LogP contribution in [0.2, 0.25) is 0 Å². The predicted octanol–water partition coefficient (Wildman–Crippen LogP) is 17.7. The molecule has 0 fully saturated rings. The third-order valence-corrected chi connectivity index (χ3v) is 13.5. The average molecular weight is 832 g/mol. The van der Waals surface area contributed by atoms with Gasteiger partial charge in [-0.05, 0) is 126 Å². The van der Waals surface area contributed by atoms with Crippen LogP contribution >= 0.6 is 0 Å². The van der Waals surface area contributed by atoms with Crippen LogP contribution in [0.5, 0.6) is 0 Å². The zero-order valence-corrected chi connectivity index (χ0v) is 36.4. The molecular weight excluding hydrogens is 787 g/mol. The highest BCUT2D eigenvalue weighted by molar-refractivity contribution is 6.13. The van der Waals surface area contributed by atoms with E-state index in [9.17, 15) is 0 Å². The second-order valence-corrected chi connectivity index (χ2v) is 17.7. The van der Waals surface area contributed by atoms with Crippen molar-refractivity contribution in [2.75, 3.05) is 4.90 Å². The Hall–Kier alpha value is -8.20. The van der Waals surface area contributed by atoms with Gasteiger partial charge in [0.2, 0.25) is 0 Å². The molecule has 1 aromatic heterocycles. The molecule has 2 nitrogen and oxygen atoms in total. The topological polar surface area (TPSA) is 16.4 Å². The first-order chi connectivity index (χ1) is 32.0. The lowest BCUT2D eigenvalue weighted by Crippen LogP contribution is -2.16. The molecule has 0 atom stereocenters. The smallest absolute Gasteiger partial charge is 0.159 e. The Morgan fingerprint density at radius 3 is 1.34 bits per heavy atom. The SMILES string of the molecule is CC1(C)c2ccccc2-c2ccc(N(c3ccc(-c4ccccc4)cc3)c3cc(-c4ccc(-c5ccccc5)cc4)cc4c3oc3ccc(-c5ccc(-c6ccccc6)cc5)cc34)cc21. The zero-order valence-electron chi connectivity index (χ0n) is 36.4. The molecule has 0 N–H and O–H groups in total. The Kier molecular flexibility index (Phi) is 9.21. The van der Waals surface area contributed by atoms with Gasteiger partial charge in [0.15, 0.2) is 5.58 Å². The molecule has 0 spiro atoms. The average Bonchev–Trinajstić information content (AvgIpc) is 3.86. The van der Waals surface area contributed by atoms with E-state index in [2.05, 4.69) is 255 Å². The number of hydrogen-bond acceptors (Lipinski definition) is 2. The van der Waals surface area contributed by atoms with E-state index in [1.807, 2.05) is 0 Å². The van der Waals surface area contributed by atoms with Crippen molar-refractivity contribution in [1.82, 2.24) is 0 Å². The fraction of sp³-hybridized carbons (Fsp3) is 0.0476. The fourth-order valence-corrected chi connectivity index (χ4v) is 10.0. The van der Waals surface area contributed by atoms with Crippen LogP contribution in [0.25, 0.3) is 88.7 Å². The normalized spacial score (nSPS) is 12.6. The number of fused-ring (bicyclic) bond motifs is 6. The van der Waals surface area contributed by atoms with E-state index in [-0.39, 0.29) is 5.41 Å². The van der Waals surface area contributed by atoms with Crippen LogP contribution in [0.3, 0.4) is 0 Å². The lowest BCUT2D eigenvalue weighted by molar-refractivity contribution is 0.660. The second kappa shape index (κ2) is 15.6. The van der Waals surface area contributed by atoms with Gasteiger partial charge < -0.3 is 9.32 Å². The van der Waals surface area contributed by atoms with Crippen molar-refractivity contribution in [3.8, 4) is 66.8 Å². The van der Waals surface area contributed by atoms with E-state index < -0.39 is 0 Å². The fourth-order valence-electron chi connectivity index (χ4n) is 10.0. The van der Waals surface area contributed by atoms with Gasteiger partial charge >= 0.3 is 0 Å². The molecule has 12 rings (SSSR count). The molecule has 0 saturated carbocycles. The third kappa shape index (κ3) is 6.74. The number of furan rings is 1. The van der Waals surface area contributed by atoms with Crippen LogP contribution in [0.1, 0.15) is 25.0 Å². The van der Waals surface area contributed by atoms with E-state index in [1.165, 1.54) is 55.6 Å². The maximum absolute atomic E-state index is 7.08. The summed E-state index contributed by atoms with van der Waals surface area (Å²) >= 11 is 0. The first-order valence-electron chi connectivity index (χ1n) is 22.5. The van der Waals surface area contributed by atoms with Crippen molar-refractivity contribution < 1.29 is 4.42 Å². The van der Waals surface area contributed by atoms with Crippen LogP contribution < -0.4 is 4.90 Å². The summed E-state index contributed by atoms with van der Waals surface area (Å²) in [5, 5.41) is 2.15. The Balaban J connectivity index is 1.07. The number of anilines is 3. The summed E-state index contributed by atoms with van der Waals surface area (Å²) in [5.74, 6) is 0. The predicted molar refractivity (Wildman–Crippen MR) is 273 cm³/mol. The first-order valence-corrected chi connectivity index (χ1v) is 22.5. The van der Waals surface area contributed by atoms with Gasteiger partial charge in [-0.3, -0.25) is 0 Å². The van der Waals surface area contributed by atoms with Crippen molar-refractivity contribution in [3.63, 3.8) is 0 Å². The van der Waals surface area contributed by atoms with Gasteiger partial charge in [-0.2, -0.15) is 0 Å². The quantitative estimate of drug-likeness (QED) is 0.152. The third-order valence-electron chi connectivity index (χ3n) is 13.5. The van der Waals surface area contributed by atoms with Gasteiger partial charge in [0.1, 0.15) is 5.58 Å². The van der Waals surface area contributed by atoms with Gasteiger partial charge in [-0.1, -0.05) is 202 Å². The minimum Gasteiger partial charge on any atom is -0.454 e. The van der Waals surface area contributed by atoms with Crippen molar-refractivity contribution in [2.45, 2.75) is 19.3 Å². The molecule has 2 heteroatoms. The van der Waals surface area contributed by atoms with Gasteiger partial charge in [-0.25, -0.2) is 0 Å². The number of benzene rings is 10. The van der Waals surface area contributed by atoms with Gasteiger partial charge in [-0.15, -0.1) is 0 Å². The molecular formula is C63H45NO. The molecule has 1 aliphatic rings. The molecule has 10 aromatic carbocycles. The Bertz CT molecular complexity index is 3510. The summed E-state index contributed by atoms with van der Waals surface area (Å²) in [4.78, 5) is 2.41. The minimum atomic E-state index is -0.169. The van der Waals surface area contributed by atoms with E-state index in [0.29, 0.717) is 0 Å². The molecule has 1 heterocycles. The van der Waals surface area contributed by atoms with Gasteiger partial charge in [0, 0.05) is 27.6 Å². The Morgan fingerprint density at radius 1 is 0.323 bits per heavy atom. The summed E-state index contributed by atoms with van der Waals surface area (Å²) < 4.78 is 7.08. The van der Waals surface area contributed by atoms with E-state index in [1.54, 1.807) is 0 Å². The van der Waals surface area contributed by atoms with Gasteiger partial charge in [0.05, 0.1) is 5.69 Å². The number of rotatable bonds is 8. The van der Waals surface area contributed by atoms with Gasteiger partial charge in [0.25, 0.3) is 0 Å².